The van der Waals surface area contributed by atoms with Crippen molar-refractivity contribution in [3.63, 3.8) is 0 Å². The minimum absolute atomic E-state index is 0.205. The van der Waals surface area contributed by atoms with E-state index in [9.17, 15) is 8.42 Å². The van der Waals surface area contributed by atoms with Crippen LogP contribution >= 0.6 is 11.3 Å². The van der Waals surface area contributed by atoms with Crippen molar-refractivity contribution in [1.82, 2.24) is 9.78 Å². The Morgan fingerprint density at radius 1 is 0.938 bits per heavy atom. The molecule has 0 aliphatic heterocycles. The van der Waals surface area contributed by atoms with Gasteiger partial charge in [-0.15, -0.1) is 11.3 Å². The maximum absolute atomic E-state index is 13.3. The number of anilines is 1. The van der Waals surface area contributed by atoms with E-state index in [1.807, 2.05) is 52.5 Å². The Balaban J connectivity index is 1.40. The summed E-state index contributed by atoms with van der Waals surface area (Å²) in [6.07, 6.45) is 6.04. The van der Waals surface area contributed by atoms with Crippen molar-refractivity contribution < 1.29 is 13.2 Å². The van der Waals surface area contributed by atoms with E-state index in [-0.39, 0.29) is 10.9 Å². The normalized spacial score (nSPS) is 14.5. The van der Waals surface area contributed by atoms with Gasteiger partial charge < -0.3 is 4.74 Å². The van der Waals surface area contributed by atoms with Gasteiger partial charge in [-0.2, -0.15) is 5.10 Å². The van der Waals surface area contributed by atoms with E-state index in [1.54, 1.807) is 30.5 Å². The Morgan fingerprint density at radius 3 is 2.34 bits per heavy atom. The third-order valence-corrected chi connectivity index (χ3v) is 7.79. The molecule has 164 valence electrons. The molecule has 1 saturated carbocycles. The van der Waals surface area contributed by atoms with E-state index in [4.69, 9.17) is 9.84 Å². The molecule has 2 aromatic carbocycles. The Morgan fingerprint density at radius 2 is 1.66 bits per heavy atom. The summed E-state index contributed by atoms with van der Waals surface area (Å²) in [6.45, 7) is 0. The lowest BCUT2D eigenvalue weighted by atomic mass is 10.3. The molecule has 8 heteroatoms. The molecule has 1 aliphatic rings. The van der Waals surface area contributed by atoms with Crippen LogP contribution in [0.5, 0.6) is 11.5 Å². The molecule has 4 aromatic rings. The number of hydrogen-bond donors (Lipinski definition) is 1. The van der Waals surface area contributed by atoms with Gasteiger partial charge in [-0.1, -0.05) is 37.1 Å². The van der Waals surface area contributed by atoms with Crippen molar-refractivity contribution >= 4 is 27.0 Å². The van der Waals surface area contributed by atoms with Crippen LogP contribution in [0.25, 0.3) is 10.6 Å². The number of benzene rings is 2. The van der Waals surface area contributed by atoms with Crippen LogP contribution in [0.2, 0.25) is 0 Å². The van der Waals surface area contributed by atoms with Crippen LogP contribution in [0.4, 0.5) is 5.69 Å². The third-order valence-electron chi connectivity index (χ3n) is 5.53. The summed E-state index contributed by atoms with van der Waals surface area (Å²) in [6, 6.07) is 20.4. The fraction of sp³-hybridized carbons (Fsp3) is 0.208. The highest BCUT2D eigenvalue weighted by Crippen LogP contribution is 2.35. The van der Waals surface area contributed by atoms with Gasteiger partial charge in [0.2, 0.25) is 0 Å². The van der Waals surface area contributed by atoms with Gasteiger partial charge in [0.1, 0.15) is 22.1 Å². The first-order chi connectivity index (χ1) is 15.6. The van der Waals surface area contributed by atoms with Gasteiger partial charge in [-0.3, -0.25) is 9.40 Å². The molecule has 6 nitrogen and oxygen atoms in total. The van der Waals surface area contributed by atoms with Gasteiger partial charge in [0, 0.05) is 11.9 Å². The van der Waals surface area contributed by atoms with Gasteiger partial charge in [-0.25, -0.2) is 8.42 Å². The Labute approximate surface area is 191 Å². The van der Waals surface area contributed by atoms with Gasteiger partial charge >= 0.3 is 0 Å². The number of thiophene rings is 1. The average Bonchev–Trinajstić information content (AvgIpc) is 3.56. The minimum Gasteiger partial charge on any atom is -0.457 e. The first-order valence-electron chi connectivity index (χ1n) is 10.6. The molecule has 0 spiro atoms. The van der Waals surface area contributed by atoms with Crippen molar-refractivity contribution in [3.05, 3.63) is 78.3 Å². The average molecular weight is 466 g/mol. The zero-order valence-corrected chi connectivity index (χ0v) is 19.0. The molecule has 32 heavy (non-hydrogen) atoms. The van der Waals surface area contributed by atoms with Crippen LogP contribution in [0.15, 0.2) is 83.2 Å². The number of nitrogens with one attached hydrogen (secondary N) is 1. The number of hydrogen-bond acceptors (Lipinski definition) is 5. The molecule has 0 unspecified atom stereocenters. The summed E-state index contributed by atoms with van der Waals surface area (Å²) >= 11 is 1.49. The quantitative estimate of drug-likeness (QED) is 0.347. The molecular weight excluding hydrogens is 442 g/mol. The number of nitrogens with zero attached hydrogens (tertiary/aromatic N) is 2. The first kappa shape index (κ1) is 20.8. The Kier molecular flexibility index (Phi) is 5.71. The van der Waals surface area contributed by atoms with Crippen LogP contribution < -0.4 is 9.46 Å². The zero-order valence-electron chi connectivity index (χ0n) is 17.3. The molecule has 0 bridgehead atoms. The van der Waals surface area contributed by atoms with Crippen LogP contribution in [-0.4, -0.2) is 18.2 Å². The van der Waals surface area contributed by atoms with E-state index in [0.717, 1.165) is 36.3 Å². The summed E-state index contributed by atoms with van der Waals surface area (Å²) in [7, 11) is -3.82. The lowest BCUT2D eigenvalue weighted by molar-refractivity contribution is 0.467. The number of aromatic nitrogens is 2. The first-order valence-corrected chi connectivity index (χ1v) is 12.9. The highest BCUT2D eigenvalue weighted by molar-refractivity contribution is 7.92. The fourth-order valence-corrected chi connectivity index (χ4v) is 5.93. The monoisotopic (exact) mass is 465 g/mol. The molecule has 2 heterocycles. The standard InChI is InChI=1S/C24H23N3O3S2/c28-32(29,26-18-12-14-21(15-13-18)30-20-9-2-1-3-10-20)23-17-27(19-7-4-5-8-19)25-24(23)22-11-6-16-31-22/h1-3,6,9-17,19,26H,4-5,7-8H2. The van der Waals surface area contributed by atoms with Crippen molar-refractivity contribution in [3.8, 4) is 22.1 Å². The van der Waals surface area contributed by atoms with Crippen molar-refractivity contribution in [2.45, 2.75) is 36.6 Å². The predicted molar refractivity (Wildman–Crippen MR) is 127 cm³/mol. The molecule has 2 aromatic heterocycles. The van der Waals surface area contributed by atoms with Crippen LogP contribution in [-0.2, 0) is 10.0 Å². The second kappa shape index (κ2) is 8.80. The SMILES string of the molecule is O=S(=O)(Nc1ccc(Oc2ccccc2)cc1)c1cn(C2CCCC2)nc1-c1cccs1. The summed E-state index contributed by atoms with van der Waals surface area (Å²) < 4.78 is 37.0. The van der Waals surface area contributed by atoms with Gasteiger partial charge in [-0.05, 0) is 60.7 Å². The number of sulfonamides is 1. The van der Waals surface area contributed by atoms with E-state index < -0.39 is 10.0 Å². The number of para-hydroxylation sites is 1. The third kappa shape index (κ3) is 4.42. The largest absolute Gasteiger partial charge is 0.457 e. The maximum Gasteiger partial charge on any atom is 0.265 e. The Hall–Kier alpha value is -3.10. The van der Waals surface area contributed by atoms with Gasteiger partial charge in [0.05, 0.1) is 10.9 Å². The Bertz CT molecular complexity index is 1280. The molecule has 5 rings (SSSR count). The molecule has 0 amide bonds. The molecule has 1 fully saturated rings. The van der Waals surface area contributed by atoms with E-state index >= 15 is 0 Å². The summed E-state index contributed by atoms with van der Waals surface area (Å²) in [5.41, 5.74) is 0.972. The number of rotatable bonds is 7. The highest BCUT2D eigenvalue weighted by Gasteiger charge is 2.27. The van der Waals surface area contributed by atoms with Crippen molar-refractivity contribution in [2.24, 2.45) is 0 Å². The topological polar surface area (TPSA) is 73.2 Å². The van der Waals surface area contributed by atoms with Crippen molar-refractivity contribution in [1.29, 1.82) is 0 Å². The van der Waals surface area contributed by atoms with Crippen LogP contribution in [0.1, 0.15) is 31.7 Å². The molecular formula is C24H23N3O3S2. The molecule has 0 atom stereocenters. The van der Waals surface area contributed by atoms with Gasteiger partial charge in [0.15, 0.2) is 0 Å². The highest BCUT2D eigenvalue weighted by atomic mass is 32.2. The smallest absolute Gasteiger partial charge is 0.265 e. The maximum atomic E-state index is 13.3. The van der Waals surface area contributed by atoms with Crippen LogP contribution in [0, 0.1) is 0 Å². The van der Waals surface area contributed by atoms with E-state index in [1.165, 1.54) is 11.3 Å². The summed E-state index contributed by atoms with van der Waals surface area (Å²) in [4.78, 5) is 1.05. The second-order valence-electron chi connectivity index (χ2n) is 7.78. The van der Waals surface area contributed by atoms with E-state index in [2.05, 4.69) is 4.72 Å². The molecule has 0 saturated heterocycles. The zero-order chi connectivity index (χ0) is 22.0. The minimum atomic E-state index is -3.82. The number of ether oxygens (including phenoxy) is 1. The molecule has 1 N–H and O–H groups in total. The van der Waals surface area contributed by atoms with Gasteiger partial charge in [0.25, 0.3) is 10.0 Å². The van der Waals surface area contributed by atoms with Crippen molar-refractivity contribution in [2.75, 3.05) is 4.72 Å². The van der Waals surface area contributed by atoms with Crippen LogP contribution in [0.3, 0.4) is 0 Å². The fourth-order valence-electron chi connectivity index (χ4n) is 3.94. The lowest BCUT2D eigenvalue weighted by Gasteiger charge is -2.10. The second-order valence-corrected chi connectivity index (χ2v) is 10.4. The summed E-state index contributed by atoms with van der Waals surface area (Å²) in [5.74, 6) is 1.35. The summed E-state index contributed by atoms with van der Waals surface area (Å²) in [5, 5.41) is 6.62. The molecule has 0 radical (unpaired) electrons. The predicted octanol–water partition coefficient (Wildman–Crippen LogP) is 6.32. The molecule has 1 aliphatic carbocycles. The lowest BCUT2D eigenvalue weighted by Crippen LogP contribution is -2.13. The van der Waals surface area contributed by atoms with E-state index in [0.29, 0.717) is 17.1 Å².